The number of benzene rings is 1. The van der Waals surface area contributed by atoms with Gasteiger partial charge >= 0.3 is 0 Å². The molecule has 1 fully saturated rings. The van der Waals surface area contributed by atoms with Crippen LogP contribution in [0.3, 0.4) is 0 Å². The number of fused-ring (bicyclic) bond motifs is 2. The van der Waals surface area contributed by atoms with E-state index >= 15 is 0 Å². The van der Waals surface area contributed by atoms with Crippen molar-refractivity contribution in [2.45, 2.75) is 37.8 Å². The van der Waals surface area contributed by atoms with Crippen LogP contribution in [-0.4, -0.2) is 36.5 Å². The van der Waals surface area contributed by atoms with E-state index in [0.717, 1.165) is 47.6 Å². The number of aromatic amines is 1. The number of hydrogen-bond acceptors (Lipinski definition) is 6. The summed E-state index contributed by atoms with van der Waals surface area (Å²) in [7, 11) is 0. The van der Waals surface area contributed by atoms with Gasteiger partial charge in [-0.3, -0.25) is 14.6 Å². The lowest BCUT2D eigenvalue weighted by molar-refractivity contribution is 0.0925. The summed E-state index contributed by atoms with van der Waals surface area (Å²) < 4.78 is 2.21. The van der Waals surface area contributed by atoms with Crippen molar-refractivity contribution in [1.82, 2.24) is 29.8 Å². The van der Waals surface area contributed by atoms with Crippen LogP contribution >= 0.6 is 11.3 Å². The molecule has 1 saturated carbocycles. The second-order valence-corrected chi connectivity index (χ2v) is 9.99. The van der Waals surface area contributed by atoms with Crippen LogP contribution in [0.1, 0.15) is 46.3 Å². The number of amides is 1. The van der Waals surface area contributed by atoms with E-state index in [0.29, 0.717) is 21.3 Å². The normalized spacial score (nSPS) is 17.8. The monoisotopic (exact) mass is 494 g/mol. The Morgan fingerprint density at radius 2 is 2.08 bits per heavy atom. The van der Waals surface area contributed by atoms with Gasteiger partial charge in [0.1, 0.15) is 5.69 Å². The average Bonchev–Trinajstić information content (AvgIpc) is 3.53. The Labute approximate surface area is 210 Å². The Bertz CT molecular complexity index is 1690. The number of H-pyrrole nitrogens is 1. The highest BCUT2D eigenvalue weighted by Gasteiger charge is 2.29. The van der Waals surface area contributed by atoms with Crippen LogP contribution in [0.5, 0.6) is 0 Å². The number of nitrogens with zero attached hydrogens (tertiary/aromatic N) is 4. The average molecular weight is 495 g/mol. The van der Waals surface area contributed by atoms with E-state index < -0.39 is 0 Å². The first-order valence-electron chi connectivity index (χ1n) is 11.8. The number of thiophene rings is 1. The molecule has 8 nitrogen and oxygen atoms in total. The van der Waals surface area contributed by atoms with Crippen LogP contribution in [0, 0.1) is 12.3 Å². The minimum Gasteiger partial charge on any atom is -0.349 e. The quantitative estimate of drug-likeness (QED) is 0.363. The molecule has 0 spiro atoms. The highest BCUT2D eigenvalue weighted by atomic mass is 32.1. The number of hydrogen-bond donors (Lipinski definition) is 2. The molecule has 36 heavy (non-hydrogen) atoms. The third-order valence-electron chi connectivity index (χ3n) is 6.66. The SMILES string of the molecule is C#Cc1ccc(C(=O)N[C@@H]2CCC[C@H](n3c(-c4ccccn4)nc4cc5c(=O)[nH]cnc5cc43)C2)s1. The van der Waals surface area contributed by atoms with Crippen LogP contribution < -0.4 is 10.9 Å². The fourth-order valence-electron chi connectivity index (χ4n) is 5.03. The van der Waals surface area contributed by atoms with Crippen LogP contribution in [0.2, 0.25) is 0 Å². The van der Waals surface area contributed by atoms with E-state index in [1.165, 1.54) is 17.7 Å². The van der Waals surface area contributed by atoms with Gasteiger partial charge in [-0.2, -0.15) is 0 Å². The standard InChI is InChI=1S/C27H22N6O2S/c1-2-18-9-10-24(36-18)27(35)31-16-6-5-7-17(12-16)33-23-14-21-19(26(34)30-15-29-21)13-22(23)32-25(33)20-8-3-4-11-28-20/h1,3-4,8-11,13-17H,5-7,12H2,(H,31,35)(H,29,30,34)/t16-,17+/m1/s1. The summed E-state index contributed by atoms with van der Waals surface area (Å²) in [5.41, 5.74) is 2.79. The molecule has 9 heteroatoms. The minimum absolute atomic E-state index is 0.0168. The summed E-state index contributed by atoms with van der Waals surface area (Å²) in [6.45, 7) is 0. The van der Waals surface area contributed by atoms with Gasteiger partial charge < -0.3 is 14.9 Å². The second kappa shape index (κ2) is 9.06. The first kappa shape index (κ1) is 22.2. The summed E-state index contributed by atoms with van der Waals surface area (Å²) in [4.78, 5) is 43.1. The fraction of sp³-hybridized carbons (Fsp3) is 0.222. The third-order valence-corrected chi connectivity index (χ3v) is 7.68. The molecule has 1 aliphatic rings. The first-order chi connectivity index (χ1) is 17.6. The predicted octanol–water partition coefficient (Wildman–Crippen LogP) is 4.29. The number of aromatic nitrogens is 5. The van der Waals surface area contributed by atoms with Crippen LogP contribution in [-0.2, 0) is 0 Å². The molecule has 2 atom stereocenters. The third kappa shape index (κ3) is 3.95. The van der Waals surface area contributed by atoms with E-state index in [1.807, 2.05) is 24.3 Å². The van der Waals surface area contributed by atoms with Gasteiger partial charge in [-0.15, -0.1) is 17.8 Å². The van der Waals surface area contributed by atoms with Gasteiger partial charge in [0, 0.05) is 18.3 Å². The van der Waals surface area contributed by atoms with Gasteiger partial charge in [-0.1, -0.05) is 12.0 Å². The van der Waals surface area contributed by atoms with Crippen molar-refractivity contribution in [3.8, 4) is 23.9 Å². The molecule has 0 saturated heterocycles. The van der Waals surface area contributed by atoms with Gasteiger partial charge in [0.25, 0.3) is 11.5 Å². The molecule has 1 aliphatic carbocycles. The maximum absolute atomic E-state index is 12.9. The van der Waals surface area contributed by atoms with Crippen LogP contribution in [0.4, 0.5) is 0 Å². The van der Waals surface area contributed by atoms with Crippen molar-refractivity contribution in [2.75, 3.05) is 0 Å². The summed E-state index contributed by atoms with van der Waals surface area (Å²) in [5, 5.41) is 3.70. The number of carbonyl (C=O) groups excluding carboxylic acids is 1. The number of terminal acetylenes is 1. The summed E-state index contributed by atoms with van der Waals surface area (Å²) >= 11 is 1.33. The molecule has 4 heterocycles. The van der Waals surface area contributed by atoms with Crippen molar-refractivity contribution < 1.29 is 4.79 Å². The lowest BCUT2D eigenvalue weighted by Crippen LogP contribution is -2.38. The zero-order chi connectivity index (χ0) is 24.6. The smallest absolute Gasteiger partial charge is 0.261 e. The lowest BCUT2D eigenvalue weighted by Gasteiger charge is -2.31. The molecule has 0 radical (unpaired) electrons. The molecule has 0 aliphatic heterocycles. The Morgan fingerprint density at radius 1 is 1.17 bits per heavy atom. The summed E-state index contributed by atoms with van der Waals surface area (Å²) in [6.07, 6.45) is 12.2. The largest absolute Gasteiger partial charge is 0.349 e. The fourth-order valence-corrected chi connectivity index (χ4v) is 5.75. The topological polar surface area (TPSA) is 106 Å². The molecule has 5 aromatic rings. The maximum Gasteiger partial charge on any atom is 0.261 e. The second-order valence-electron chi connectivity index (χ2n) is 8.91. The Morgan fingerprint density at radius 3 is 2.89 bits per heavy atom. The molecule has 4 aromatic heterocycles. The number of imidazole rings is 1. The number of pyridine rings is 1. The van der Waals surface area contributed by atoms with E-state index in [-0.39, 0.29) is 23.6 Å². The van der Waals surface area contributed by atoms with Crippen molar-refractivity contribution in [3.63, 3.8) is 0 Å². The molecule has 0 bridgehead atoms. The number of rotatable bonds is 4. The predicted molar refractivity (Wildman–Crippen MR) is 140 cm³/mol. The lowest BCUT2D eigenvalue weighted by atomic mass is 9.90. The molecule has 0 unspecified atom stereocenters. The molecular weight excluding hydrogens is 472 g/mol. The van der Waals surface area contributed by atoms with Gasteiger partial charge in [0.2, 0.25) is 0 Å². The van der Waals surface area contributed by atoms with E-state index in [1.54, 1.807) is 24.4 Å². The van der Waals surface area contributed by atoms with Crippen molar-refractivity contribution in [2.24, 2.45) is 0 Å². The molecule has 1 aromatic carbocycles. The van der Waals surface area contributed by atoms with Crippen molar-refractivity contribution >= 4 is 39.2 Å². The van der Waals surface area contributed by atoms with E-state index in [9.17, 15) is 9.59 Å². The molecule has 178 valence electrons. The van der Waals surface area contributed by atoms with Crippen molar-refractivity contribution in [3.05, 3.63) is 75.1 Å². The number of nitrogens with one attached hydrogen (secondary N) is 2. The Balaban J connectivity index is 1.40. The first-order valence-corrected chi connectivity index (χ1v) is 12.6. The summed E-state index contributed by atoms with van der Waals surface area (Å²) in [5.74, 6) is 3.23. The molecule has 1 amide bonds. The van der Waals surface area contributed by atoms with Gasteiger partial charge in [-0.05, 0) is 62.1 Å². The van der Waals surface area contributed by atoms with Crippen LogP contribution in [0.25, 0.3) is 33.5 Å². The van der Waals surface area contributed by atoms with Gasteiger partial charge in [0.05, 0.1) is 38.0 Å². The van der Waals surface area contributed by atoms with Gasteiger partial charge in [0.15, 0.2) is 5.82 Å². The van der Waals surface area contributed by atoms with Crippen LogP contribution in [0.15, 0.2) is 59.8 Å². The molecular formula is C27H22N6O2S. The van der Waals surface area contributed by atoms with Crippen molar-refractivity contribution in [1.29, 1.82) is 0 Å². The highest BCUT2D eigenvalue weighted by Crippen LogP contribution is 2.36. The van der Waals surface area contributed by atoms with E-state index in [4.69, 9.17) is 11.4 Å². The zero-order valence-electron chi connectivity index (χ0n) is 19.3. The summed E-state index contributed by atoms with van der Waals surface area (Å²) in [6, 6.07) is 13.1. The van der Waals surface area contributed by atoms with E-state index in [2.05, 4.69) is 30.8 Å². The molecule has 6 rings (SSSR count). The number of carbonyl (C=O) groups is 1. The maximum atomic E-state index is 12.9. The highest BCUT2D eigenvalue weighted by molar-refractivity contribution is 7.14. The molecule has 2 N–H and O–H groups in total. The minimum atomic E-state index is -0.196. The Kier molecular flexibility index (Phi) is 5.58. The zero-order valence-corrected chi connectivity index (χ0v) is 20.1. The van der Waals surface area contributed by atoms with Gasteiger partial charge in [-0.25, -0.2) is 9.97 Å². The Hall–Kier alpha value is -4.29.